The quantitative estimate of drug-likeness (QED) is 0.383. The van der Waals surface area contributed by atoms with Crippen molar-refractivity contribution in [3.63, 3.8) is 0 Å². The SMILES string of the molecule is CCCC1CCC2CC(c3cc(F)c4c(F)c(F)c(F)cc4c3)CCC2C1. The summed E-state index contributed by atoms with van der Waals surface area (Å²) < 4.78 is 55.5. The Morgan fingerprint density at radius 3 is 2.33 bits per heavy atom. The summed E-state index contributed by atoms with van der Waals surface area (Å²) in [6.07, 6.45) is 9.52. The van der Waals surface area contributed by atoms with E-state index in [2.05, 4.69) is 6.92 Å². The van der Waals surface area contributed by atoms with Crippen molar-refractivity contribution in [2.45, 2.75) is 64.2 Å². The van der Waals surface area contributed by atoms with Crippen LogP contribution in [0.1, 0.15) is 69.8 Å². The molecule has 4 heteroatoms. The Bertz CT molecular complexity index is 844. The van der Waals surface area contributed by atoms with Crippen molar-refractivity contribution in [1.29, 1.82) is 0 Å². The van der Waals surface area contributed by atoms with Gasteiger partial charge in [0.05, 0.1) is 5.39 Å². The minimum absolute atomic E-state index is 0.107. The van der Waals surface area contributed by atoms with E-state index < -0.39 is 28.7 Å². The van der Waals surface area contributed by atoms with E-state index in [1.54, 1.807) is 6.07 Å². The molecule has 146 valence electrons. The Hall–Kier alpha value is -1.58. The normalized spacial score (nSPS) is 28.3. The number of rotatable bonds is 3. The summed E-state index contributed by atoms with van der Waals surface area (Å²) in [5.74, 6) is -2.62. The van der Waals surface area contributed by atoms with E-state index in [4.69, 9.17) is 0 Å². The molecule has 0 N–H and O–H groups in total. The minimum atomic E-state index is -1.61. The van der Waals surface area contributed by atoms with Crippen molar-refractivity contribution in [1.82, 2.24) is 0 Å². The highest BCUT2D eigenvalue weighted by Crippen LogP contribution is 2.48. The first-order valence-corrected chi connectivity index (χ1v) is 10.2. The molecule has 0 amide bonds. The van der Waals surface area contributed by atoms with Crippen LogP contribution in [-0.2, 0) is 0 Å². The van der Waals surface area contributed by atoms with Gasteiger partial charge in [0.1, 0.15) is 5.82 Å². The van der Waals surface area contributed by atoms with Gasteiger partial charge in [-0.1, -0.05) is 32.3 Å². The van der Waals surface area contributed by atoms with E-state index in [9.17, 15) is 17.6 Å². The van der Waals surface area contributed by atoms with Gasteiger partial charge in [-0.15, -0.1) is 0 Å². The van der Waals surface area contributed by atoms with Crippen molar-refractivity contribution in [3.05, 3.63) is 47.0 Å². The number of fused-ring (bicyclic) bond motifs is 2. The van der Waals surface area contributed by atoms with Gasteiger partial charge in [-0.3, -0.25) is 0 Å². The summed E-state index contributed by atoms with van der Waals surface area (Å²) >= 11 is 0. The van der Waals surface area contributed by atoms with Crippen molar-refractivity contribution in [2.75, 3.05) is 0 Å². The molecule has 4 unspecified atom stereocenters. The second kappa shape index (κ2) is 7.44. The third kappa shape index (κ3) is 3.48. The lowest BCUT2D eigenvalue weighted by Gasteiger charge is -2.42. The lowest BCUT2D eigenvalue weighted by Crippen LogP contribution is -2.30. The zero-order chi connectivity index (χ0) is 19.1. The highest BCUT2D eigenvalue weighted by Gasteiger charge is 2.36. The zero-order valence-electron chi connectivity index (χ0n) is 15.7. The fourth-order valence-corrected chi connectivity index (χ4v) is 5.60. The highest BCUT2D eigenvalue weighted by molar-refractivity contribution is 5.84. The van der Waals surface area contributed by atoms with Crippen molar-refractivity contribution >= 4 is 10.8 Å². The summed E-state index contributed by atoms with van der Waals surface area (Å²) in [6, 6.07) is 3.89. The maximum absolute atomic E-state index is 14.5. The molecule has 0 saturated heterocycles. The van der Waals surface area contributed by atoms with Gasteiger partial charge < -0.3 is 0 Å². The van der Waals surface area contributed by atoms with E-state index in [0.717, 1.165) is 42.7 Å². The van der Waals surface area contributed by atoms with E-state index in [1.807, 2.05) is 0 Å². The monoisotopic (exact) mass is 378 g/mol. The van der Waals surface area contributed by atoms with Gasteiger partial charge in [0.25, 0.3) is 0 Å². The van der Waals surface area contributed by atoms with Crippen LogP contribution in [0.2, 0.25) is 0 Å². The molecule has 4 atom stereocenters. The summed E-state index contributed by atoms with van der Waals surface area (Å²) in [6.45, 7) is 2.24. The fourth-order valence-electron chi connectivity index (χ4n) is 5.60. The van der Waals surface area contributed by atoms with Crippen LogP contribution in [0, 0.1) is 41.0 Å². The van der Waals surface area contributed by atoms with Crippen LogP contribution in [0.3, 0.4) is 0 Å². The van der Waals surface area contributed by atoms with Gasteiger partial charge in [0, 0.05) is 0 Å². The molecule has 0 radical (unpaired) electrons. The molecular weight excluding hydrogens is 352 g/mol. The van der Waals surface area contributed by atoms with Crippen molar-refractivity contribution in [3.8, 4) is 0 Å². The Kier molecular flexibility index (Phi) is 5.17. The molecule has 2 fully saturated rings. The summed E-state index contributed by atoms with van der Waals surface area (Å²) in [7, 11) is 0. The third-order valence-corrected chi connectivity index (χ3v) is 6.94. The molecule has 0 aliphatic heterocycles. The van der Waals surface area contributed by atoms with E-state index in [1.165, 1.54) is 38.2 Å². The minimum Gasteiger partial charge on any atom is -0.206 e. The van der Waals surface area contributed by atoms with Gasteiger partial charge in [0.2, 0.25) is 0 Å². The molecular formula is C23H26F4. The van der Waals surface area contributed by atoms with Gasteiger partial charge >= 0.3 is 0 Å². The van der Waals surface area contributed by atoms with Crippen LogP contribution in [0.25, 0.3) is 10.8 Å². The predicted molar refractivity (Wildman–Crippen MR) is 99.6 cm³/mol. The average molecular weight is 378 g/mol. The molecule has 27 heavy (non-hydrogen) atoms. The highest BCUT2D eigenvalue weighted by atomic mass is 19.2. The molecule has 2 aliphatic rings. The molecule has 4 rings (SSSR count). The second-order valence-corrected chi connectivity index (χ2v) is 8.59. The zero-order valence-corrected chi connectivity index (χ0v) is 15.7. The maximum Gasteiger partial charge on any atom is 0.195 e. The first-order chi connectivity index (χ1) is 13.0. The van der Waals surface area contributed by atoms with Crippen LogP contribution < -0.4 is 0 Å². The maximum atomic E-state index is 14.5. The fraction of sp³-hybridized carbons (Fsp3) is 0.565. The summed E-state index contributed by atoms with van der Waals surface area (Å²) in [4.78, 5) is 0. The number of hydrogen-bond donors (Lipinski definition) is 0. The number of benzene rings is 2. The largest absolute Gasteiger partial charge is 0.206 e. The van der Waals surface area contributed by atoms with Crippen LogP contribution in [0.15, 0.2) is 18.2 Å². The van der Waals surface area contributed by atoms with Crippen LogP contribution in [0.5, 0.6) is 0 Å². The molecule has 0 bridgehead atoms. The van der Waals surface area contributed by atoms with Crippen LogP contribution in [-0.4, -0.2) is 0 Å². The molecule has 0 heterocycles. The molecule has 0 spiro atoms. The standard InChI is InChI=1S/C23H26F4/c1-2-3-13-4-5-15-9-16(7-6-14(15)8-13)17-10-18-12-20(25)22(26)23(27)21(18)19(24)11-17/h10-16H,2-9H2,1H3. The Morgan fingerprint density at radius 2 is 1.56 bits per heavy atom. The average Bonchev–Trinajstić information content (AvgIpc) is 2.65. The topological polar surface area (TPSA) is 0 Å². The van der Waals surface area contributed by atoms with Gasteiger partial charge in [-0.25, -0.2) is 17.6 Å². The number of hydrogen-bond acceptors (Lipinski definition) is 0. The van der Waals surface area contributed by atoms with Gasteiger partial charge in [-0.05, 0) is 78.9 Å². The van der Waals surface area contributed by atoms with E-state index in [-0.39, 0.29) is 11.3 Å². The van der Waals surface area contributed by atoms with Crippen molar-refractivity contribution in [2.24, 2.45) is 17.8 Å². The molecule has 0 aromatic heterocycles. The Morgan fingerprint density at radius 1 is 0.815 bits per heavy atom. The predicted octanol–water partition coefficient (Wildman–Crippen LogP) is 7.50. The second-order valence-electron chi connectivity index (χ2n) is 8.59. The molecule has 2 aromatic rings. The first-order valence-electron chi connectivity index (χ1n) is 10.2. The number of halogens is 4. The Balaban J connectivity index is 1.58. The smallest absolute Gasteiger partial charge is 0.195 e. The van der Waals surface area contributed by atoms with Crippen LogP contribution in [0.4, 0.5) is 17.6 Å². The lowest BCUT2D eigenvalue weighted by atomic mass is 9.63. The molecule has 2 aromatic carbocycles. The summed E-state index contributed by atoms with van der Waals surface area (Å²) in [5, 5.41) is -0.346. The summed E-state index contributed by atoms with van der Waals surface area (Å²) in [5.41, 5.74) is 0.791. The first kappa shape index (κ1) is 18.8. The molecule has 0 nitrogen and oxygen atoms in total. The Labute approximate surface area is 158 Å². The van der Waals surface area contributed by atoms with Gasteiger partial charge in [0.15, 0.2) is 17.5 Å². The molecule has 2 aliphatic carbocycles. The van der Waals surface area contributed by atoms with Crippen LogP contribution >= 0.6 is 0 Å². The van der Waals surface area contributed by atoms with Gasteiger partial charge in [-0.2, -0.15) is 0 Å². The lowest BCUT2D eigenvalue weighted by molar-refractivity contribution is 0.114. The molecule has 2 saturated carbocycles. The van der Waals surface area contributed by atoms with E-state index in [0.29, 0.717) is 5.92 Å². The third-order valence-electron chi connectivity index (χ3n) is 6.94. The van der Waals surface area contributed by atoms with E-state index >= 15 is 0 Å². The van der Waals surface area contributed by atoms with Crippen molar-refractivity contribution < 1.29 is 17.6 Å².